The van der Waals surface area contributed by atoms with Crippen LogP contribution in [-0.4, -0.2) is 17.6 Å². The number of hydrogen-bond donors (Lipinski definition) is 1. The van der Waals surface area contributed by atoms with E-state index in [0.29, 0.717) is 5.84 Å². The summed E-state index contributed by atoms with van der Waals surface area (Å²) in [6.45, 7) is 0. The normalized spacial score (nSPS) is 15.9. The molecule has 76 valence electrons. The lowest BCUT2D eigenvalue weighted by Gasteiger charge is -2.12. The summed E-state index contributed by atoms with van der Waals surface area (Å²) < 4.78 is 0.931. The molecule has 15 heavy (non-hydrogen) atoms. The molecule has 0 unspecified atom stereocenters. The minimum absolute atomic E-state index is 0.167. The summed E-state index contributed by atoms with van der Waals surface area (Å²) in [7, 11) is 0. The standard InChI is InChI=1S/C10H7BrN2O2/c11-7-3-1-6(2-4-7)10-12-8(14)5-9(15)13-10/h1-4H,5H2,(H,12,13,14,15). The van der Waals surface area contributed by atoms with E-state index in [2.05, 4.69) is 26.2 Å². The van der Waals surface area contributed by atoms with Gasteiger partial charge < -0.3 is 5.32 Å². The zero-order valence-corrected chi connectivity index (χ0v) is 9.24. The average molecular weight is 267 g/mol. The molecular weight excluding hydrogens is 260 g/mol. The fourth-order valence-corrected chi connectivity index (χ4v) is 1.51. The second-order valence-electron chi connectivity index (χ2n) is 3.09. The predicted octanol–water partition coefficient (Wildman–Crippen LogP) is 1.24. The number of nitrogens with one attached hydrogen (secondary N) is 1. The molecule has 0 bridgehead atoms. The number of halogens is 1. The minimum Gasteiger partial charge on any atom is -0.310 e. The molecule has 0 spiro atoms. The van der Waals surface area contributed by atoms with Crippen LogP contribution in [0.1, 0.15) is 12.0 Å². The maximum absolute atomic E-state index is 11.1. The topological polar surface area (TPSA) is 58.5 Å². The number of rotatable bonds is 1. The van der Waals surface area contributed by atoms with Gasteiger partial charge in [0.1, 0.15) is 12.3 Å². The van der Waals surface area contributed by atoms with Crippen molar-refractivity contribution >= 4 is 33.6 Å². The van der Waals surface area contributed by atoms with E-state index in [4.69, 9.17) is 0 Å². The molecule has 4 nitrogen and oxygen atoms in total. The fourth-order valence-electron chi connectivity index (χ4n) is 1.25. The van der Waals surface area contributed by atoms with Crippen molar-refractivity contribution in [1.82, 2.24) is 5.32 Å². The second-order valence-corrected chi connectivity index (χ2v) is 4.00. The first-order chi connectivity index (χ1) is 7.15. The average Bonchev–Trinajstić information content (AvgIpc) is 2.17. The van der Waals surface area contributed by atoms with Gasteiger partial charge in [0.2, 0.25) is 5.91 Å². The maximum atomic E-state index is 11.1. The molecule has 5 heteroatoms. The first-order valence-corrected chi connectivity index (χ1v) is 5.12. The van der Waals surface area contributed by atoms with Gasteiger partial charge in [-0.05, 0) is 12.1 Å². The summed E-state index contributed by atoms with van der Waals surface area (Å²) in [5.41, 5.74) is 0.722. The lowest BCUT2D eigenvalue weighted by atomic mass is 10.2. The summed E-state index contributed by atoms with van der Waals surface area (Å²) in [6.07, 6.45) is -0.167. The molecule has 2 rings (SSSR count). The third-order valence-corrected chi connectivity index (χ3v) is 2.45. The van der Waals surface area contributed by atoms with Crippen molar-refractivity contribution in [2.24, 2.45) is 4.99 Å². The quantitative estimate of drug-likeness (QED) is 0.778. The van der Waals surface area contributed by atoms with Crippen LogP contribution in [0.5, 0.6) is 0 Å². The summed E-state index contributed by atoms with van der Waals surface area (Å²) in [6, 6.07) is 7.20. The molecule has 0 fully saturated rings. The lowest BCUT2D eigenvalue weighted by Crippen LogP contribution is -2.37. The van der Waals surface area contributed by atoms with Crippen molar-refractivity contribution < 1.29 is 9.59 Å². The Morgan fingerprint density at radius 2 is 1.87 bits per heavy atom. The number of amides is 2. The van der Waals surface area contributed by atoms with Crippen molar-refractivity contribution in [3.05, 3.63) is 34.3 Å². The van der Waals surface area contributed by atoms with Crippen LogP contribution in [0, 0.1) is 0 Å². The summed E-state index contributed by atoms with van der Waals surface area (Å²) in [4.78, 5) is 25.9. The summed E-state index contributed by atoms with van der Waals surface area (Å²) >= 11 is 3.30. The number of carbonyl (C=O) groups excluding carboxylic acids is 2. The van der Waals surface area contributed by atoms with Crippen LogP contribution in [0.4, 0.5) is 0 Å². The Labute approximate surface area is 94.5 Å². The van der Waals surface area contributed by atoms with Gasteiger partial charge in [0, 0.05) is 10.0 Å². The van der Waals surface area contributed by atoms with Crippen LogP contribution >= 0.6 is 15.9 Å². The van der Waals surface area contributed by atoms with E-state index in [1.54, 1.807) is 12.1 Å². The molecule has 0 aromatic heterocycles. The maximum Gasteiger partial charge on any atom is 0.257 e. The van der Waals surface area contributed by atoms with E-state index in [1.165, 1.54) is 0 Å². The van der Waals surface area contributed by atoms with Crippen molar-refractivity contribution in [1.29, 1.82) is 0 Å². The SMILES string of the molecule is O=C1CC(=O)NC(c2ccc(Br)cc2)=N1. The van der Waals surface area contributed by atoms with Gasteiger partial charge in [-0.1, -0.05) is 28.1 Å². The van der Waals surface area contributed by atoms with Gasteiger partial charge in [0.25, 0.3) is 5.91 Å². The van der Waals surface area contributed by atoms with Gasteiger partial charge in [0.15, 0.2) is 0 Å². The molecule has 1 aliphatic rings. The van der Waals surface area contributed by atoms with E-state index in [-0.39, 0.29) is 12.3 Å². The van der Waals surface area contributed by atoms with Gasteiger partial charge in [-0.15, -0.1) is 0 Å². The third-order valence-electron chi connectivity index (χ3n) is 1.92. The number of nitrogens with zero attached hydrogens (tertiary/aromatic N) is 1. The number of carbonyl (C=O) groups is 2. The first kappa shape index (κ1) is 10.0. The van der Waals surface area contributed by atoms with Gasteiger partial charge >= 0.3 is 0 Å². The molecular formula is C10H7BrN2O2. The van der Waals surface area contributed by atoms with Crippen molar-refractivity contribution in [3.63, 3.8) is 0 Å². The molecule has 0 atom stereocenters. The van der Waals surface area contributed by atoms with Crippen LogP contribution in [0.3, 0.4) is 0 Å². The predicted molar refractivity (Wildman–Crippen MR) is 58.4 cm³/mol. The van der Waals surface area contributed by atoms with Crippen LogP contribution in [0.25, 0.3) is 0 Å². The Morgan fingerprint density at radius 3 is 2.47 bits per heavy atom. The molecule has 1 aromatic rings. The zero-order chi connectivity index (χ0) is 10.8. The Bertz CT molecular complexity index is 451. The molecule has 0 saturated heterocycles. The second kappa shape index (κ2) is 3.94. The Balaban J connectivity index is 2.34. The number of hydrogen-bond acceptors (Lipinski definition) is 2. The molecule has 2 amide bonds. The molecule has 0 saturated carbocycles. The number of aliphatic imine (C=N–C) groups is 1. The van der Waals surface area contributed by atoms with Gasteiger partial charge in [-0.2, -0.15) is 4.99 Å². The van der Waals surface area contributed by atoms with Crippen molar-refractivity contribution in [3.8, 4) is 0 Å². The van der Waals surface area contributed by atoms with E-state index in [9.17, 15) is 9.59 Å². The van der Waals surface area contributed by atoms with E-state index < -0.39 is 5.91 Å². The first-order valence-electron chi connectivity index (χ1n) is 4.32. The monoisotopic (exact) mass is 266 g/mol. The zero-order valence-electron chi connectivity index (χ0n) is 7.66. The Hall–Kier alpha value is -1.49. The lowest BCUT2D eigenvalue weighted by molar-refractivity contribution is -0.127. The Morgan fingerprint density at radius 1 is 1.20 bits per heavy atom. The molecule has 1 aliphatic heterocycles. The molecule has 1 aromatic carbocycles. The molecule has 0 radical (unpaired) electrons. The van der Waals surface area contributed by atoms with Gasteiger partial charge in [-0.3, -0.25) is 9.59 Å². The van der Waals surface area contributed by atoms with Crippen LogP contribution in [-0.2, 0) is 9.59 Å². The highest BCUT2D eigenvalue weighted by atomic mass is 79.9. The molecule has 1 heterocycles. The third kappa shape index (κ3) is 2.30. The molecule has 0 aliphatic carbocycles. The highest BCUT2D eigenvalue weighted by Crippen LogP contribution is 2.12. The van der Waals surface area contributed by atoms with Crippen molar-refractivity contribution in [2.75, 3.05) is 0 Å². The smallest absolute Gasteiger partial charge is 0.257 e. The number of amidine groups is 1. The van der Waals surface area contributed by atoms with Crippen LogP contribution < -0.4 is 5.32 Å². The van der Waals surface area contributed by atoms with Gasteiger partial charge in [-0.25, -0.2) is 0 Å². The van der Waals surface area contributed by atoms with E-state index >= 15 is 0 Å². The Kier molecular flexibility index (Phi) is 2.64. The number of benzene rings is 1. The van der Waals surface area contributed by atoms with Gasteiger partial charge in [0.05, 0.1) is 0 Å². The van der Waals surface area contributed by atoms with E-state index in [0.717, 1.165) is 10.0 Å². The minimum atomic E-state index is -0.406. The summed E-state index contributed by atoms with van der Waals surface area (Å²) in [5.74, 6) is -0.395. The van der Waals surface area contributed by atoms with E-state index in [1.807, 2.05) is 12.1 Å². The fraction of sp³-hybridized carbons (Fsp3) is 0.100. The summed E-state index contributed by atoms with van der Waals surface area (Å²) in [5, 5.41) is 2.56. The van der Waals surface area contributed by atoms with Crippen LogP contribution in [0.2, 0.25) is 0 Å². The highest BCUT2D eigenvalue weighted by Gasteiger charge is 2.18. The highest BCUT2D eigenvalue weighted by molar-refractivity contribution is 9.10. The van der Waals surface area contributed by atoms with Crippen LogP contribution in [0.15, 0.2) is 33.7 Å². The molecule has 1 N–H and O–H groups in total. The van der Waals surface area contributed by atoms with Crippen molar-refractivity contribution in [2.45, 2.75) is 6.42 Å². The largest absolute Gasteiger partial charge is 0.310 e.